The molecule has 0 amide bonds. The molecular formula is C12H22N2. The van der Waals surface area contributed by atoms with Gasteiger partial charge in [0, 0.05) is 12.1 Å². The van der Waals surface area contributed by atoms with Crippen molar-refractivity contribution < 1.29 is 0 Å². The van der Waals surface area contributed by atoms with Gasteiger partial charge in [0.05, 0.1) is 0 Å². The zero-order valence-electron chi connectivity index (χ0n) is 9.21. The van der Waals surface area contributed by atoms with Gasteiger partial charge in [-0.1, -0.05) is 6.92 Å². The summed E-state index contributed by atoms with van der Waals surface area (Å²) in [5.74, 6) is 1.01. The third-order valence-corrected chi connectivity index (χ3v) is 5.01. The second kappa shape index (κ2) is 2.96. The normalized spacial score (nSPS) is 51.4. The maximum atomic E-state index is 6.00. The quantitative estimate of drug-likeness (QED) is 0.723. The Bertz CT molecular complexity index is 222. The molecule has 4 bridgehead atoms. The molecule has 80 valence electrons. The summed E-state index contributed by atoms with van der Waals surface area (Å²) in [5, 5.41) is 0. The molecule has 2 aliphatic carbocycles. The molecule has 2 saturated carbocycles. The number of nitrogens with two attached hydrogens (primary N) is 1. The van der Waals surface area contributed by atoms with Gasteiger partial charge in [-0.05, 0) is 56.5 Å². The van der Waals surface area contributed by atoms with E-state index in [0.29, 0.717) is 5.41 Å². The van der Waals surface area contributed by atoms with Crippen LogP contribution in [0.4, 0.5) is 0 Å². The van der Waals surface area contributed by atoms with E-state index in [2.05, 4.69) is 11.8 Å². The molecule has 2 heteroatoms. The van der Waals surface area contributed by atoms with Crippen molar-refractivity contribution in [1.29, 1.82) is 0 Å². The van der Waals surface area contributed by atoms with Gasteiger partial charge in [0.15, 0.2) is 0 Å². The standard InChI is InChI=1S/C12H22N2/c1-2-14-10-3-9-4-11(14)7-12(5-9,6-10)8-13/h9-11H,2-8,13H2,1H3. The molecular weight excluding hydrogens is 172 g/mol. The van der Waals surface area contributed by atoms with Crippen LogP contribution in [0.15, 0.2) is 0 Å². The zero-order valence-corrected chi connectivity index (χ0v) is 9.21. The molecule has 0 spiro atoms. The smallest absolute Gasteiger partial charge is 0.0106 e. The Morgan fingerprint density at radius 3 is 2.36 bits per heavy atom. The lowest BCUT2D eigenvalue weighted by Gasteiger charge is -2.61. The molecule has 4 fully saturated rings. The van der Waals surface area contributed by atoms with Gasteiger partial charge < -0.3 is 5.73 Å². The Kier molecular flexibility index (Phi) is 1.94. The van der Waals surface area contributed by atoms with Crippen LogP contribution in [0.2, 0.25) is 0 Å². The number of hydrogen-bond acceptors (Lipinski definition) is 2. The van der Waals surface area contributed by atoms with Crippen LogP contribution in [0, 0.1) is 11.3 Å². The van der Waals surface area contributed by atoms with Gasteiger partial charge in [-0.2, -0.15) is 0 Å². The van der Waals surface area contributed by atoms with E-state index in [0.717, 1.165) is 24.5 Å². The number of nitrogens with zero attached hydrogens (tertiary/aromatic N) is 1. The molecule has 0 aromatic heterocycles. The van der Waals surface area contributed by atoms with E-state index in [1.807, 2.05) is 0 Å². The van der Waals surface area contributed by atoms with Crippen molar-refractivity contribution in [3.05, 3.63) is 0 Å². The monoisotopic (exact) mass is 194 g/mol. The van der Waals surface area contributed by atoms with E-state index in [-0.39, 0.29) is 0 Å². The summed E-state index contributed by atoms with van der Waals surface area (Å²) in [6, 6.07) is 1.77. The SMILES string of the molecule is CCN1C2CC3CC1CC(CN)(C3)C2. The molecule has 4 aliphatic rings. The lowest BCUT2D eigenvalue weighted by Crippen LogP contribution is -2.63. The van der Waals surface area contributed by atoms with Crippen LogP contribution < -0.4 is 5.73 Å². The summed E-state index contributed by atoms with van der Waals surface area (Å²) < 4.78 is 0. The maximum absolute atomic E-state index is 6.00. The molecule has 2 heterocycles. The Hall–Kier alpha value is -0.0800. The predicted molar refractivity (Wildman–Crippen MR) is 58.0 cm³/mol. The molecule has 0 aromatic carbocycles. The van der Waals surface area contributed by atoms with Crippen molar-refractivity contribution in [3.8, 4) is 0 Å². The van der Waals surface area contributed by atoms with E-state index in [1.54, 1.807) is 0 Å². The summed E-state index contributed by atoms with van der Waals surface area (Å²) in [4.78, 5) is 2.75. The Labute approximate surface area is 86.8 Å². The van der Waals surface area contributed by atoms with Gasteiger partial charge in [0.2, 0.25) is 0 Å². The number of hydrogen-bond donors (Lipinski definition) is 1. The molecule has 4 rings (SSSR count). The highest BCUT2D eigenvalue weighted by Crippen LogP contribution is 2.55. The fraction of sp³-hybridized carbons (Fsp3) is 1.00. The van der Waals surface area contributed by atoms with Crippen molar-refractivity contribution in [3.63, 3.8) is 0 Å². The largest absolute Gasteiger partial charge is 0.330 e. The average Bonchev–Trinajstić information content (AvgIpc) is 2.17. The first kappa shape index (κ1) is 9.17. The molecule has 2 saturated heterocycles. The summed E-state index contributed by atoms with van der Waals surface area (Å²) in [6.07, 6.45) is 7.15. The van der Waals surface area contributed by atoms with E-state index in [9.17, 15) is 0 Å². The van der Waals surface area contributed by atoms with Gasteiger partial charge in [0.25, 0.3) is 0 Å². The maximum Gasteiger partial charge on any atom is 0.0106 e. The first-order valence-electron chi connectivity index (χ1n) is 6.22. The molecule has 2 unspecified atom stereocenters. The van der Waals surface area contributed by atoms with Crippen LogP contribution in [0.25, 0.3) is 0 Å². The Balaban J connectivity index is 1.88. The lowest BCUT2D eigenvalue weighted by molar-refractivity contribution is -0.101. The minimum atomic E-state index is 0.558. The van der Waals surface area contributed by atoms with E-state index in [1.165, 1.54) is 38.6 Å². The predicted octanol–water partition coefficient (Wildman–Crippen LogP) is 1.60. The minimum Gasteiger partial charge on any atom is -0.330 e. The summed E-state index contributed by atoms with van der Waals surface area (Å²) >= 11 is 0. The van der Waals surface area contributed by atoms with Crippen molar-refractivity contribution in [2.45, 2.75) is 51.1 Å². The third kappa shape index (κ3) is 1.10. The van der Waals surface area contributed by atoms with Crippen LogP contribution in [-0.2, 0) is 0 Å². The van der Waals surface area contributed by atoms with Crippen LogP contribution in [-0.4, -0.2) is 30.1 Å². The lowest BCUT2D eigenvalue weighted by atomic mass is 9.55. The molecule has 14 heavy (non-hydrogen) atoms. The third-order valence-electron chi connectivity index (χ3n) is 5.01. The molecule has 2 aliphatic heterocycles. The van der Waals surface area contributed by atoms with Crippen LogP contribution in [0.1, 0.15) is 39.0 Å². The van der Waals surface area contributed by atoms with Gasteiger partial charge in [-0.3, -0.25) is 4.90 Å². The highest BCUT2D eigenvalue weighted by molar-refractivity contribution is 5.07. The fourth-order valence-corrected chi connectivity index (χ4v) is 4.63. The number of piperidine rings is 2. The fourth-order valence-electron chi connectivity index (χ4n) is 4.63. The van der Waals surface area contributed by atoms with E-state index < -0.39 is 0 Å². The summed E-state index contributed by atoms with van der Waals surface area (Å²) in [7, 11) is 0. The number of rotatable bonds is 2. The Morgan fingerprint density at radius 1 is 1.21 bits per heavy atom. The van der Waals surface area contributed by atoms with Crippen LogP contribution in [0.3, 0.4) is 0 Å². The molecule has 0 aromatic rings. The molecule has 2 nitrogen and oxygen atoms in total. The summed E-state index contributed by atoms with van der Waals surface area (Å²) in [6.45, 7) is 4.51. The molecule has 2 N–H and O–H groups in total. The highest BCUT2D eigenvalue weighted by Gasteiger charge is 2.53. The first-order chi connectivity index (χ1) is 6.76. The summed E-state index contributed by atoms with van der Waals surface area (Å²) in [5.41, 5.74) is 6.55. The van der Waals surface area contributed by atoms with Crippen molar-refractivity contribution in [2.75, 3.05) is 13.1 Å². The van der Waals surface area contributed by atoms with Crippen LogP contribution in [0.5, 0.6) is 0 Å². The van der Waals surface area contributed by atoms with Crippen LogP contribution >= 0.6 is 0 Å². The van der Waals surface area contributed by atoms with Crippen molar-refractivity contribution >= 4 is 0 Å². The second-order valence-corrected chi connectivity index (χ2v) is 5.79. The first-order valence-corrected chi connectivity index (χ1v) is 6.22. The van der Waals surface area contributed by atoms with Gasteiger partial charge in [0.1, 0.15) is 0 Å². The van der Waals surface area contributed by atoms with Crippen molar-refractivity contribution in [2.24, 2.45) is 17.1 Å². The second-order valence-electron chi connectivity index (χ2n) is 5.79. The zero-order chi connectivity index (χ0) is 9.76. The molecule has 0 radical (unpaired) electrons. The van der Waals surface area contributed by atoms with Crippen molar-refractivity contribution in [1.82, 2.24) is 4.90 Å². The Morgan fingerprint density at radius 2 is 1.86 bits per heavy atom. The van der Waals surface area contributed by atoms with Gasteiger partial charge in [-0.25, -0.2) is 0 Å². The van der Waals surface area contributed by atoms with Gasteiger partial charge >= 0.3 is 0 Å². The van der Waals surface area contributed by atoms with Gasteiger partial charge in [-0.15, -0.1) is 0 Å². The topological polar surface area (TPSA) is 29.3 Å². The van der Waals surface area contributed by atoms with E-state index in [4.69, 9.17) is 5.73 Å². The average molecular weight is 194 g/mol. The van der Waals surface area contributed by atoms with E-state index >= 15 is 0 Å². The minimum absolute atomic E-state index is 0.558. The highest BCUT2D eigenvalue weighted by atomic mass is 15.2. The molecule has 2 atom stereocenters.